The fourth-order valence-electron chi connectivity index (χ4n) is 0.666. The first-order valence-electron chi connectivity index (χ1n) is 2.36. The smallest absolute Gasteiger partial charge is 0.187 e. The molecule has 0 spiro atoms. The minimum atomic E-state index is -1.08. The second-order valence-electron chi connectivity index (χ2n) is 1.59. The number of fused-ring (bicyclic) bond motifs is 1. The minimum absolute atomic E-state index is 0.549. The van der Waals surface area contributed by atoms with E-state index in [2.05, 4.69) is 15.0 Å². The molecule has 0 aromatic carbocycles. The molecular weight excluding hydrogens is 138 g/mol. The molecule has 1 atom stereocenters. The van der Waals surface area contributed by atoms with Crippen LogP contribution < -0.4 is 0 Å². The van der Waals surface area contributed by atoms with Crippen LogP contribution in [0.25, 0.3) is 0 Å². The van der Waals surface area contributed by atoms with Crippen molar-refractivity contribution in [3.05, 3.63) is 6.33 Å². The second-order valence-corrected chi connectivity index (χ2v) is 2.80. The summed E-state index contributed by atoms with van der Waals surface area (Å²) in [7, 11) is -1.08. The largest absolute Gasteiger partial charge is 0.336 e. The molecule has 2 rings (SSSR count). The molecule has 5 heteroatoms. The Kier molecular flexibility index (Phi) is 0.814. The fraction of sp³-hybridized carbons (Fsp3) is 0. The van der Waals surface area contributed by atoms with Crippen molar-refractivity contribution in [1.29, 1.82) is 0 Å². The third-order valence-corrected chi connectivity index (χ3v) is 2.06. The Balaban J connectivity index is 2.73. The third-order valence-electron chi connectivity index (χ3n) is 1.06. The first kappa shape index (κ1) is 4.87. The predicted molar refractivity (Wildman–Crippen MR) is 33.1 cm³/mol. The number of imidazole rings is 1. The van der Waals surface area contributed by atoms with Crippen LogP contribution in [-0.4, -0.2) is 19.7 Å². The molecule has 0 radical (unpaired) electrons. The molecule has 0 bridgehead atoms. The van der Waals surface area contributed by atoms with Crippen molar-refractivity contribution in [2.75, 3.05) is 0 Å². The normalized spacial score (nSPS) is 22.4. The van der Waals surface area contributed by atoms with Gasteiger partial charge in [-0.3, -0.25) is 0 Å². The highest BCUT2D eigenvalue weighted by Crippen LogP contribution is 2.21. The molecule has 1 aliphatic heterocycles. The van der Waals surface area contributed by atoms with Crippen LogP contribution in [0.1, 0.15) is 0 Å². The average molecular weight is 141 g/mol. The summed E-state index contributed by atoms with van der Waals surface area (Å²) in [6.45, 7) is 0. The maximum atomic E-state index is 10.8. The van der Waals surface area contributed by atoms with Gasteiger partial charge in [0.2, 0.25) is 0 Å². The molecule has 46 valence electrons. The van der Waals surface area contributed by atoms with E-state index >= 15 is 0 Å². The van der Waals surface area contributed by atoms with Crippen molar-refractivity contribution in [2.45, 2.75) is 5.03 Å². The molecule has 0 amide bonds. The average Bonchev–Trinajstić information content (AvgIpc) is 2.35. The van der Waals surface area contributed by atoms with Crippen LogP contribution in [0, 0.1) is 0 Å². The molecule has 1 aromatic heterocycles. The van der Waals surface area contributed by atoms with E-state index in [0.717, 1.165) is 0 Å². The van der Waals surface area contributed by atoms with Crippen LogP contribution >= 0.6 is 0 Å². The van der Waals surface area contributed by atoms with E-state index in [1.807, 2.05) is 0 Å². The van der Waals surface area contributed by atoms with Crippen molar-refractivity contribution in [3.63, 3.8) is 0 Å². The Morgan fingerprint density at radius 2 is 2.56 bits per heavy atom. The van der Waals surface area contributed by atoms with Crippen molar-refractivity contribution in [2.24, 2.45) is 4.99 Å². The molecule has 0 saturated carbocycles. The van der Waals surface area contributed by atoms with Gasteiger partial charge in [0.1, 0.15) is 16.3 Å². The molecule has 0 saturated heterocycles. The molecule has 1 N–H and O–H groups in total. The van der Waals surface area contributed by atoms with E-state index in [9.17, 15) is 4.21 Å². The SMILES string of the molecule is O=S1C=Nc2nc[nH]c21. The summed E-state index contributed by atoms with van der Waals surface area (Å²) < 4.78 is 10.8. The van der Waals surface area contributed by atoms with Gasteiger partial charge in [-0.15, -0.1) is 0 Å². The second kappa shape index (κ2) is 1.51. The molecule has 1 aromatic rings. The Bertz CT molecular complexity index is 290. The number of H-pyrrole nitrogens is 1. The predicted octanol–water partition coefficient (Wildman–Crippen LogP) is 0.191. The first-order chi connectivity index (χ1) is 4.38. The van der Waals surface area contributed by atoms with Gasteiger partial charge in [0.05, 0.1) is 6.33 Å². The van der Waals surface area contributed by atoms with E-state index < -0.39 is 10.8 Å². The lowest BCUT2D eigenvalue weighted by molar-refractivity contribution is 0.689. The Morgan fingerprint density at radius 3 is 3.33 bits per heavy atom. The van der Waals surface area contributed by atoms with Crippen molar-refractivity contribution in [1.82, 2.24) is 9.97 Å². The number of aliphatic imine (C=N–C) groups is 1. The Labute approximate surface area is 53.5 Å². The first-order valence-corrected chi connectivity index (χ1v) is 3.57. The van der Waals surface area contributed by atoms with Crippen LogP contribution in [0.2, 0.25) is 0 Å². The van der Waals surface area contributed by atoms with Crippen molar-refractivity contribution in [3.8, 4) is 0 Å². The number of aromatic nitrogens is 2. The van der Waals surface area contributed by atoms with E-state index in [1.165, 1.54) is 11.9 Å². The molecule has 0 fully saturated rings. The molecular formula is C4H3N3OS. The monoisotopic (exact) mass is 141 g/mol. The van der Waals surface area contributed by atoms with Gasteiger partial charge in [-0.2, -0.15) is 0 Å². The molecule has 4 nitrogen and oxygen atoms in total. The maximum absolute atomic E-state index is 10.8. The van der Waals surface area contributed by atoms with Crippen LogP contribution in [0.3, 0.4) is 0 Å². The van der Waals surface area contributed by atoms with E-state index in [0.29, 0.717) is 10.8 Å². The number of nitrogens with one attached hydrogen (secondary N) is 1. The van der Waals surface area contributed by atoms with E-state index in [1.54, 1.807) is 0 Å². The van der Waals surface area contributed by atoms with E-state index in [4.69, 9.17) is 0 Å². The summed E-state index contributed by atoms with van der Waals surface area (Å²) in [6.07, 6.45) is 1.49. The lowest BCUT2D eigenvalue weighted by Crippen LogP contribution is -1.84. The topological polar surface area (TPSA) is 58.1 Å². The number of nitrogens with zero attached hydrogens (tertiary/aromatic N) is 2. The maximum Gasteiger partial charge on any atom is 0.187 e. The van der Waals surface area contributed by atoms with Crippen molar-refractivity contribution >= 4 is 22.2 Å². The number of hydrogen-bond acceptors (Lipinski definition) is 3. The van der Waals surface area contributed by atoms with Crippen LogP contribution in [-0.2, 0) is 10.8 Å². The summed E-state index contributed by atoms with van der Waals surface area (Å²) in [4.78, 5) is 10.3. The zero-order valence-electron chi connectivity index (χ0n) is 4.37. The van der Waals surface area contributed by atoms with Gasteiger partial charge in [0, 0.05) is 0 Å². The van der Waals surface area contributed by atoms with Gasteiger partial charge in [0.25, 0.3) is 0 Å². The van der Waals surface area contributed by atoms with Crippen LogP contribution in [0.4, 0.5) is 5.82 Å². The van der Waals surface area contributed by atoms with Gasteiger partial charge in [0.15, 0.2) is 10.8 Å². The summed E-state index contributed by atoms with van der Waals surface area (Å²) in [5, 5.41) is 0.606. The fourth-order valence-corrected chi connectivity index (χ4v) is 1.42. The molecule has 2 heterocycles. The highest BCUT2D eigenvalue weighted by molar-refractivity contribution is 7.99. The summed E-state index contributed by atoms with van der Waals surface area (Å²) >= 11 is 0. The number of aromatic amines is 1. The standard InChI is InChI=1S/C4H3N3OS/c8-9-2-7-3-4(9)6-1-5-3/h1-2H,(H,5,6). The lowest BCUT2D eigenvalue weighted by Gasteiger charge is -1.78. The van der Waals surface area contributed by atoms with Gasteiger partial charge in [-0.1, -0.05) is 0 Å². The van der Waals surface area contributed by atoms with E-state index in [-0.39, 0.29) is 0 Å². The Morgan fingerprint density at radius 1 is 1.67 bits per heavy atom. The lowest BCUT2D eigenvalue weighted by atomic mass is 10.8. The zero-order valence-corrected chi connectivity index (χ0v) is 5.18. The molecule has 1 aliphatic rings. The van der Waals surface area contributed by atoms with Gasteiger partial charge < -0.3 is 4.98 Å². The van der Waals surface area contributed by atoms with Gasteiger partial charge >= 0.3 is 0 Å². The summed E-state index contributed by atoms with van der Waals surface area (Å²) in [5.74, 6) is 0.549. The summed E-state index contributed by atoms with van der Waals surface area (Å²) in [5.41, 5.74) is 1.37. The van der Waals surface area contributed by atoms with Gasteiger partial charge in [-0.05, 0) is 0 Å². The molecule has 9 heavy (non-hydrogen) atoms. The minimum Gasteiger partial charge on any atom is -0.336 e. The molecule has 0 aliphatic carbocycles. The highest BCUT2D eigenvalue weighted by atomic mass is 32.2. The van der Waals surface area contributed by atoms with Crippen LogP contribution in [0.15, 0.2) is 16.3 Å². The summed E-state index contributed by atoms with van der Waals surface area (Å²) in [6, 6.07) is 0. The highest BCUT2D eigenvalue weighted by Gasteiger charge is 2.15. The third kappa shape index (κ3) is 0.547. The quantitative estimate of drug-likeness (QED) is 0.560. The molecule has 1 unspecified atom stereocenters. The zero-order chi connectivity index (χ0) is 6.27. The van der Waals surface area contributed by atoms with Gasteiger partial charge in [-0.25, -0.2) is 14.2 Å². The number of hydrogen-bond donors (Lipinski definition) is 1. The van der Waals surface area contributed by atoms with Crippen LogP contribution in [0.5, 0.6) is 0 Å². The number of rotatable bonds is 0. The van der Waals surface area contributed by atoms with Crippen molar-refractivity contribution < 1.29 is 4.21 Å². The Hall–Kier alpha value is -0.970.